The molecule has 1 N–H and O–H groups in total. The molecule has 1 fully saturated rings. The molecule has 0 atom stereocenters. The maximum absolute atomic E-state index is 11.8. The second-order valence-electron chi connectivity index (χ2n) is 5.11. The maximum Gasteiger partial charge on any atom is 0.350 e. The molecular formula is C15H13N3O4. The molecule has 0 bridgehead atoms. The number of carbonyl (C=O) groups excluding carboxylic acids is 2. The van der Waals surface area contributed by atoms with E-state index in [2.05, 4.69) is 15.3 Å². The smallest absolute Gasteiger partial charge is 0.350 e. The molecule has 0 saturated carbocycles. The number of nitrogens with zero attached hydrogens (tertiary/aromatic N) is 2. The monoisotopic (exact) mass is 299 g/mol. The SMILES string of the molecule is CC1(C)OC(=O)C(=CNc2cccc3nccnc23)C(=O)O1. The van der Waals surface area contributed by atoms with Gasteiger partial charge in [0.1, 0.15) is 5.52 Å². The Kier molecular flexibility index (Phi) is 3.25. The molecule has 1 aromatic heterocycles. The number of benzene rings is 1. The van der Waals surface area contributed by atoms with Crippen molar-refractivity contribution in [2.24, 2.45) is 0 Å². The number of para-hydroxylation sites is 1. The fraction of sp³-hybridized carbons (Fsp3) is 0.200. The molecule has 0 spiro atoms. The van der Waals surface area contributed by atoms with Crippen molar-refractivity contribution in [3.8, 4) is 0 Å². The Morgan fingerprint density at radius 3 is 2.50 bits per heavy atom. The minimum absolute atomic E-state index is 0.208. The minimum Gasteiger partial charge on any atom is -0.419 e. The number of hydrogen-bond acceptors (Lipinski definition) is 7. The molecule has 1 aliphatic heterocycles. The number of aromatic nitrogens is 2. The van der Waals surface area contributed by atoms with E-state index in [0.717, 1.165) is 0 Å². The summed E-state index contributed by atoms with van der Waals surface area (Å²) in [5.74, 6) is -2.73. The Bertz CT molecular complexity index is 771. The second kappa shape index (κ2) is 5.10. The molecule has 2 heterocycles. The van der Waals surface area contributed by atoms with Crippen LogP contribution in [0, 0.1) is 0 Å². The lowest BCUT2D eigenvalue weighted by atomic mass is 10.2. The number of esters is 2. The van der Waals surface area contributed by atoms with Crippen LogP contribution in [0.4, 0.5) is 5.69 Å². The number of carbonyl (C=O) groups is 2. The van der Waals surface area contributed by atoms with Crippen LogP contribution in [0.3, 0.4) is 0 Å². The fourth-order valence-corrected chi connectivity index (χ4v) is 2.04. The predicted octanol–water partition coefficient (Wildman–Crippen LogP) is 1.76. The Morgan fingerprint density at radius 1 is 1.09 bits per heavy atom. The number of hydrogen-bond donors (Lipinski definition) is 1. The van der Waals surface area contributed by atoms with Crippen LogP contribution in [0.5, 0.6) is 0 Å². The maximum atomic E-state index is 11.8. The molecule has 7 nitrogen and oxygen atoms in total. The normalized spacial score (nSPS) is 16.9. The summed E-state index contributed by atoms with van der Waals surface area (Å²) >= 11 is 0. The van der Waals surface area contributed by atoms with E-state index < -0.39 is 17.7 Å². The van der Waals surface area contributed by atoms with Crippen LogP contribution in [0.25, 0.3) is 11.0 Å². The van der Waals surface area contributed by atoms with Gasteiger partial charge in [-0.1, -0.05) is 6.07 Å². The standard InChI is InChI=1S/C15H13N3O4/c1-15(2)21-13(19)9(14(20)22-15)8-18-11-5-3-4-10-12(11)17-7-6-16-10/h3-8,18H,1-2H3. The topological polar surface area (TPSA) is 90.4 Å². The zero-order valence-corrected chi connectivity index (χ0v) is 12.0. The first-order valence-electron chi connectivity index (χ1n) is 6.59. The van der Waals surface area contributed by atoms with E-state index >= 15 is 0 Å². The van der Waals surface area contributed by atoms with Crippen molar-refractivity contribution in [3.05, 3.63) is 42.4 Å². The number of ether oxygens (including phenoxy) is 2. The first kappa shape index (κ1) is 14.0. The molecule has 0 amide bonds. The molecule has 1 aromatic carbocycles. The Morgan fingerprint density at radius 2 is 1.77 bits per heavy atom. The zero-order chi connectivity index (χ0) is 15.7. The van der Waals surface area contributed by atoms with Gasteiger partial charge in [0, 0.05) is 32.4 Å². The van der Waals surface area contributed by atoms with E-state index in [-0.39, 0.29) is 5.57 Å². The molecule has 1 saturated heterocycles. The highest BCUT2D eigenvalue weighted by Gasteiger charge is 2.38. The lowest BCUT2D eigenvalue weighted by Crippen LogP contribution is -2.42. The van der Waals surface area contributed by atoms with E-state index in [1.807, 2.05) is 6.07 Å². The summed E-state index contributed by atoms with van der Waals surface area (Å²) in [5.41, 5.74) is 1.73. The largest absolute Gasteiger partial charge is 0.419 e. The summed E-state index contributed by atoms with van der Waals surface area (Å²) in [7, 11) is 0. The van der Waals surface area contributed by atoms with E-state index in [9.17, 15) is 9.59 Å². The highest BCUT2D eigenvalue weighted by Crippen LogP contribution is 2.24. The van der Waals surface area contributed by atoms with Gasteiger partial charge in [0.25, 0.3) is 5.79 Å². The fourth-order valence-electron chi connectivity index (χ4n) is 2.04. The van der Waals surface area contributed by atoms with E-state index in [4.69, 9.17) is 9.47 Å². The van der Waals surface area contributed by atoms with Crippen LogP contribution in [0.2, 0.25) is 0 Å². The third-order valence-corrected chi connectivity index (χ3v) is 2.99. The van der Waals surface area contributed by atoms with E-state index in [1.54, 1.807) is 24.5 Å². The summed E-state index contributed by atoms with van der Waals surface area (Å²) < 4.78 is 10.0. The Labute approximate surface area is 126 Å². The highest BCUT2D eigenvalue weighted by atomic mass is 16.7. The van der Waals surface area contributed by atoms with Crippen LogP contribution in [0.15, 0.2) is 42.4 Å². The van der Waals surface area contributed by atoms with Crippen molar-refractivity contribution < 1.29 is 19.1 Å². The average molecular weight is 299 g/mol. The zero-order valence-electron chi connectivity index (χ0n) is 12.0. The van der Waals surface area contributed by atoms with Gasteiger partial charge in [-0.25, -0.2) is 9.59 Å². The summed E-state index contributed by atoms with van der Waals surface area (Å²) in [5, 5.41) is 2.88. The van der Waals surface area contributed by atoms with Crippen molar-refractivity contribution in [2.45, 2.75) is 19.6 Å². The van der Waals surface area contributed by atoms with Crippen LogP contribution in [0.1, 0.15) is 13.8 Å². The predicted molar refractivity (Wildman–Crippen MR) is 77.5 cm³/mol. The average Bonchev–Trinajstić information content (AvgIpc) is 2.45. The third kappa shape index (κ3) is 2.60. The van der Waals surface area contributed by atoms with Gasteiger partial charge in [-0.15, -0.1) is 0 Å². The summed E-state index contributed by atoms with van der Waals surface area (Å²) in [6.07, 6.45) is 4.40. The van der Waals surface area contributed by atoms with E-state index in [1.165, 1.54) is 20.0 Å². The van der Waals surface area contributed by atoms with E-state index in [0.29, 0.717) is 16.7 Å². The van der Waals surface area contributed by atoms with Crippen molar-refractivity contribution in [3.63, 3.8) is 0 Å². The van der Waals surface area contributed by atoms with Gasteiger partial charge >= 0.3 is 11.9 Å². The van der Waals surface area contributed by atoms with Gasteiger partial charge in [0.15, 0.2) is 5.57 Å². The third-order valence-electron chi connectivity index (χ3n) is 2.99. The van der Waals surface area contributed by atoms with Crippen LogP contribution in [-0.2, 0) is 19.1 Å². The second-order valence-corrected chi connectivity index (χ2v) is 5.11. The van der Waals surface area contributed by atoms with Crippen molar-refractivity contribution in [1.29, 1.82) is 0 Å². The van der Waals surface area contributed by atoms with Gasteiger partial charge in [0.2, 0.25) is 0 Å². The van der Waals surface area contributed by atoms with Crippen LogP contribution >= 0.6 is 0 Å². The first-order chi connectivity index (χ1) is 10.5. The molecular weight excluding hydrogens is 286 g/mol. The highest BCUT2D eigenvalue weighted by molar-refractivity contribution is 6.15. The summed E-state index contributed by atoms with van der Waals surface area (Å²) in [6, 6.07) is 5.36. The van der Waals surface area contributed by atoms with Gasteiger partial charge in [0.05, 0.1) is 11.2 Å². The van der Waals surface area contributed by atoms with Crippen LogP contribution < -0.4 is 5.32 Å². The lowest BCUT2D eigenvalue weighted by molar-refractivity contribution is -0.222. The Balaban J connectivity index is 1.90. The molecule has 0 radical (unpaired) electrons. The molecule has 7 heteroatoms. The number of fused-ring (bicyclic) bond motifs is 1. The first-order valence-corrected chi connectivity index (χ1v) is 6.59. The molecule has 1 aliphatic rings. The van der Waals surface area contributed by atoms with Gasteiger partial charge < -0.3 is 14.8 Å². The Hall–Kier alpha value is -2.96. The number of nitrogens with one attached hydrogen (secondary N) is 1. The summed E-state index contributed by atoms with van der Waals surface area (Å²) in [4.78, 5) is 32.1. The van der Waals surface area contributed by atoms with Gasteiger partial charge in [-0.2, -0.15) is 0 Å². The quantitative estimate of drug-likeness (QED) is 0.513. The lowest BCUT2D eigenvalue weighted by Gasteiger charge is -2.29. The van der Waals surface area contributed by atoms with Crippen molar-refractivity contribution >= 4 is 28.7 Å². The van der Waals surface area contributed by atoms with Crippen LogP contribution in [-0.4, -0.2) is 27.7 Å². The number of rotatable bonds is 2. The number of anilines is 1. The van der Waals surface area contributed by atoms with Crippen molar-refractivity contribution in [1.82, 2.24) is 9.97 Å². The molecule has 2 aromatic rings. The number of cyclic esters (lactones) is 2. The molecule has 3 rings (SSSR count). The molecule has 0 unspecified atom stereocenters. The van der Waals surface area contributed by atoms with Crippen molar-refractivity contribution in [2.75, 3.05) is 5.32 Å². The molecule has 22 heavy (non-hydrogen) atoms. The molecule has 112 valence electrons. The minimum atomic E-state index is -1.25. The summed E-state index contributed by atoms with van der Waals surface area (Å²) in [6.45, 7) is 2.99. The van der Waals surface area contributed by atoms with Gasteiger partial charge in [-0.05, 0) is 12.1 Å². The molecule has 0 aliphatic carbocycles. The van der Waals surface area contributed by atoms with Gasteiger partial charge in [-0.3, -0.25) is 9.97 Å².